The lowest BCUT2D eigenvalue weighted by molar-refractivity contribution is -0.141. The number of benzene rings is 4. The van der Waals surface area contributed by atoms with Crippen molar-refractivity contribution in [3.05, 3.63) is 125 Å². The number of aryl methyl sites for hydroxylation is 1. The molecular weight excluding hydrogens is 530 g/mol. The van der Waals surface area contributed by atoms with Crippen LogP contribution in [0.1, 0.15) is 60.3 Å². The Hall–Kier alpha value is -5.37. The third kappa shape index (κ3) is 7.42. The smallest absolute Gasteiger partial charge is 0.318 e. The normalized spacial score (nSPS) is 11.5. The fourth-order valence-corrected chi connectivity index (χ4v) is 4.24. The quantitative estimate of drug-likeness (QED) is 0.0923. The minimum atomic E-state index is -0.488. The van der Waals surface area contributed by atoms with Crippen LogP contribution in [0.25, 0.3) is 0 Å². The Bertz CT molecular complexity index is 1580. The molecule has 0 saturated carbocycles. The molecule has 8 nitrogen and oxygen atoms in total. The second-order valence-electron chi connectivity index (χ2n) is 9.69. The molecule has 0 saturated heterocycles. The average molecular weight is 562 g/mol. The van der Waals surface area contributed by atoms with E-state index in [0.29, 0.717) is 22.6 Å². The molecule has 0 aliphatic heterocycles. The van der Waals surface area contributed by atoms with Gasteiger partial charge in [0, 0.05) is 42.0 Å². The van der Waals surface area contributed by atoms with Crippen LogP contribution in [-0.2, 0) is 19.3 Å². The number of anilines is 3. The predicted molar refractivity (Wildman–Crippen MR) is 164 cm³/mol. The minimum Gasteiger partial charge on any atom is -0.318 e. The number of hydrogen-bond donors (Lipinski definition) is 0. The van der Waals surface area contributed by atoms with E-state index in [1.165, 1.54) is 13.8 Å². The maximum atomic E-state index is 13.1. The lowest BCUT2D eigenvalue weighted by Gasteiger charge is -2.26. The van der Waals surface area contributed by atoms with Gasteiger partial charge < -0.3 is 14.6 Å². The summed E-state index contributed by atoms with van der Waals surface area (Å²) >= 11 is 0. The van der Waals surface area contributed by atoms with E-state index in [9.17, 15) is 14.4 Å². The molecule has 4 aromatic rings. The first kappa shape index (κ1) is 29.6. The molecule has 0 unspecified atom stereocenters. The van der Waals surface area contributed by atoms with Gasteiger partial charge in [-0.15, -0.1) is 0 Å². The summed E-state index contributed by atoms with van der Waals surface area (Å²) in [4.78, 5) is 47.0. The summed E-state index contributed by atoms with van der Waals surface area (Å²) in [5.74, 6) is -1.02. The number of carbonyl (C=O) groups excluding carboxylic acids is 3. The number of nitrogens with zero attached hydrogens (tertiary/aromatic N) is 3. The molecule has 0 radical (unpaired) electrons. The molecule has 0 N–H and O–H groups in total. The molecule has 0 bridgehead atoms. The molecule has 8 heteroatoms. The molecule has 0 fully saturated rings. The molecule has 0 aliphatic rings. The largest absolute Gasteiger partial charge is 0.331 e. The second kappa shape index (κ2) is 13.3. The first-order valence-corrected chi connectivity index (χ1v) is 13.3. The highest BCUT2D eigenvalue weighted by Crippen LogP contribution is 2.35. The summed E-state index contributed by atoms with van der Waals surface area (Å²) in [5, 5.41) is 7.74. The summed E-state index contributed by atoms with van der Waals surface area (Å²) in [7, 11) is 0. The van der Waals surface area contributed by atoms with Gasteiger partial charge in [0.1, 0.15) is 0 Å². The van der Waals surface area contributed by atoms with Crippen LogP contribution in [0.5, 0.6) is 0 Å². The zero-order valence-electron chi connectivity index (χ0n) is 24.1. The highest BCUT2D eigenvalue weighted by atomic mass is 16.7. The Morgan fingerprint density at radius 2 is 0.952 bits per heavy atom. The van der Waals surface area contributed by atoms with Crippen LogP contribution in [0.3, 0.4) is 0 Å². The molecule has 0 aromatic heterocycles. The van der Waals surface area contributed by atoms with Gasteiger partial charge in [-0.05, 0) is 86.5 Å². The van der Waals surface area contributed by atoms with Crippen molar-refractivity contribution in [2.45, 2.75) is 34.6 Å². The van der Waals surface area contributed by atoms with E-state index in [2.05, 4.69) is 10.3 Å². The highest BCUT2D eigenvalue weighted by Gasteiger charge is 2.16. The fourth-order valence-electron chi connectivity index (χ4n) is 4.24. The van der Waals surface area contributed by atoms with Crippen LogP contribution < -0.4 is 4.90 Å². The number of rotatable bonds is 9. The molecule has 4 rings (SSSR count). The van der Waals surface area contributed by atoms with E-state index in [0.717, 1.165) is 33.8 Å². The zero-order chi connectivity index (χ0) is 30.2. The van der Waals surface area contributed by atoms with Gasteiger partial charge in [0.05, 0.1) is 11.4 Å². The maximum absolute atomic E-state index is 13.1. The van der Waals surface area contributed by atoms with Gasteiger partial charge >= 0.3 is 11.9 Å². The van der Waals surface area contributed by atoms with Crippen LogP contribution in [0.2, 0.25) is 0 Å². The number of ketones is 1. The summed E-state index contributed by atoms with van der Waals surface area (Å²) in [5.41, 5.74) is 7.53. The zero-order valence-corrected chi connectivity index (χ0v) is 24.1. The third-order valence-electron chi connectivity index (χ3n) is 6.38. The Morgan fingerprint density at radius 3 is 1.33 bits per heavy atom. The molecule has 4 aromatic carbocycles. The van der Waals surface area contributed by atoms with E-state index in [1.54, 1.807) is 13.8 Å². The van der Waals surface area contributed by atoms with Crippen molar-refractivity contribution in [2.24, 2.45) is 10.3 Å². The monoisotopic (exact) mass is 561 g/mol. The minimum absolute atomic E-state index is 0.0457. The van der Waals surface area contributed by atoms with Crippen LogP contribution in [0.4, 0.5) is 17.1 Å². The Balaban J connectivity index is 1.70. The molecule has 42 heavy (non-hydrogen) atoms. The van der Waals surface area contributed by atoms with E-state index in [-0.39, 0.29) is 5.78 Å². The Kier molecular flexibility index (Phi) is 9.39. The van der Waals surface area contributed by atoms with Gasteiger partial charge in [-0.2, -0.15) is 0 Å². The topological polar surface area (TPSA) is 97.6 Å². The first-order valence-electron chi connectivity index (χ1n) is 13.3. The van der Waals surface area contributed by atoms with Gasteiger partial charge in [0.15, 0.2) is 5.78 Å². The molecule has 212 valence electrons. The van der Waals surface area contributed by atoms with Gasteiger partial charge in [-0.3, -0.25) is 4.79 Å². The lowest BCUT2D eigenvalue weighted by atomic mass is 10.0. The lowest BCUT2D eigenvalue weighted by Crippen LogP contribution is -2.11. The molecule has 0 atom stereocenters. The Labute approximate surface area is 244 Å². The van der Waals surface area contributed by atoms with Gasteiger partial charge in [-0.1, -0.05) is 58.3 Å². The van der Waals surface area contributed by atoms with Crippen molar-refractivity contribution < 1.29 is 24.1 Å². The number of oxime groups is 2. The summed E-state index contributed by atoms with van der Waals surface area (Å²) < 4.78 is 0. The van der Waals surface area contributed by atoms with Crippen LogP contribution in [0, 0.1) is 6.92 Å². The molecule has 0 aliphatic carbocycles. The van der Waals surface area contributed by atoms with Crippen LogP contribution in [0.15, 0.2) is 107 Å². The molecule has 0 amide bonds. The van der Waals surface area contributed by atoms with E-state index >= 15 is 0 Å². The van der Waals surface area contributed by atoms with Crippen molar-refractivity contribution >= 4 is 46.2 Å². The van der Waals surface area contributed by atoms with E-state index in [1.807, 2.05) is 109 Å². The maximum Gasteiger partial charge on any atom is 0.331 e. The molecule has 0 heterocycles. The van der Waals surface area contributed by atoms with Crippen LogP contribution in [-0.4, -0.2) is 29.1 Å². The van der Waals surface area contributed by atoms with E-state index in [4.69, 9.17) is 9.68 Å². The van der Waals surface area contributed by atoms with Crippen molar-refractivity contribution in [3.8, 4) is 0 Å². The average Bonchev–Trinajstić information content (AvgIpc) is 2.99. The van der Waals surface area contributed by atoms with Gasteiger partial charge in [-0.25, -0.2) is 9.59 Å². The van der Waals surface area contributed by atoms with Crippen LogP contribution >= 0.6 is 0 Å². The summed E-state index contributed by atoms with van der Waals surface area (Å²) in [6, 6.07) is 30.3. The highest BCUT2D eigenvalue weighted by molar-refractivity contribution is 6.09. The summed E-state index contributed by atoms with van der Waals surface area (Å²) in [6.07, 6.45) is 0. The fraction of sp³-hybridized carbons (Fsp3) is 0.147. The van der Waals surface area contributed by atoms with Crippen molar-refractivity contribution in [3.63, 3.8) is 0 Å². The second-order valence-corrected chi connectivity index (χ2v) is 9.69. The standard InChI is InChI=1S/C34H31N3O5/c1-22-7-6-8-30(21-22)34(40)29-13-19-33(20-14-29)37(31-15-9-27(10-16-31)23(2)35-41-25(4)38)32-17-11-28(12-18-32)24(3)36-42-26(5)39/h6-21H,1-5H3/b35-23+,36-24+. The van der Waals surface area contributed by atoms with Crippen molar-refractivity contribution in [1.82, 2.24) is 0 Å². The number of carbonyl (C=O) groups is 3. The number of hydrogen-bond acceptors (Lipinski definition) is 8. The first-order chi connectivity index (χ1) is 20.1. The Morgan fingerprint density at radius 1 is 0.548 bits per heavy atom. The predicted octanol–water partition coefficient (Wildman–Crippen LogP) is 7.27. The summed E-state index contributed by atoms with van der Waals surface area (Å²) in [6.45, 7) is 8.08. The molecular formula is C34H31N3O5. The van der Waals surface area contributed by atoms with Crippen molar-refractivity contribution in [1.29, 1.82) is 0 Å². The third-order valence-corrected chi connectivity index (χ3v) is 6.38. The van der Waals surface area contributed by atoms with Crippen molar-refractivity contribution in [2.75, 3.05) is 4.90 Å². The van der Waals surface area contributed by atoms with E-state index < -0.39 is 11.9 Å². The van der Waals surface area contributed by atoms with Gasteiger partial charge in [0.25, 0.3) is 0 Å². The molecule has 0 spiro atoms. The SMILES string of the molecule is CC(=O)O/N=C(\C)c1ccc(N(c2ccc(C(=O)c3cccc(C)c3)cc2)c2ccc(/C(C)=N/OC(C)=O)cc2)cc1. The van der Waals surface area contributed by atoms with Gasteiger partial charge in [0.2, 0.25) is 0 Å².